The Morgan fingerprint density at radius 3 is 2.31 bits per heavy atom. The molecule has 0 heterocycles. The van der Waals surface area contributed by atoms with Gasteiger partial charge >= 0.3 is 0 Å². The second kappa shape index (κ2) is 12.7. The predicted molar refractivity (Wildman–Crippen MR) is 148 cm³/mol. The lowest BCUT2D eigenvalue weighted by Crippen LogP contribution is -2.52. The number of hydrogen-bond donors (Lipinski definition) is 1. The van der Waals surface area contributed by atoms with E-state index in [1.54, 1.807) is 4.90 Å². The van der Waals surface area contributed by atoms with Gasteiger partial charge in [-0.15, -0.1) is 0 Å². The van der Waals surface area contributed by atoms with Gasteiger partial charge in [0.05, 0.1) is 0 Å². The number of nitrogens with one attached hydrogen (secondary N) is 1. The molecule has 2 amide bonds. The van der Waals surface area contributed by atoms with Gasteiger partial charge in [-0.25, -0.2) is 0 Å². The van der Waals surface area contributed by atoms with E-state index in [4.69, 9.17) is 4.74 Å². The maximum atomic E-state index is 13.7. The minimum atomic E-state index is -0.690. The van der Waals surface area contributed by atoms with E-state index in [1.165, 1.54) is 0 Å². The molecule has 0 aromatic heterocycles. The van der Waals surface area contributed by atoms with Gasteiger partial charge in [0.1, 0.15) is 11.8 Å². The highest BCUT2D eigenvalue weighted by Crippen LogP contribution is 2.24. The summed E-state index contributed by atoms with van der Waals surface area (Å²) >= 11 is 3.52. The predicted octanol–water partition coefficient (Wildman–Crippen LogP) is 5.92. The first-order valence-corrected chi connectivity index (χ1v) is 13.0. The summed E-state index contributed by atoms with van der Waals surface area (Å²) < 4.78 is 6.95. The Labute approximate surface area is 223 Å². The van der Waals surface area contributed by atoms with Crippen LogP contribution in [0, 0.1) is 20.8 Å². The van der Waals surface area contributed by atoms with E-state index < -0.39 is 6.04 Å². The lowest BCUT2D eigenvalue weighted by Gasteiger charge is -2.32. The molecule has 0 saturated carbocycles. The van der Waals surface area contributed by atoms with Gasteiger partial charge in [-0.2, -0.15) is 0 Å². The van der Waals surface area contributed by atoms with Crippen molar-refractivity contribution in [1.29, 1.82) is 0 Å². The molecule has 0 saturated heterocycles. The largest absolute Gasteiger partial charge is 0.483 e. The molecule has 1 atom stereocenters. The average Bonchev–Trinajstić information content (AvgIpc) is 2.82. The van der Waals surface area contributed by atoms with Crippen molar-refractivity contribution in [3.05, 3.63) is 99.0 Å². The number of rotatable bonds is 10. The number of nitrogens with zero attached hydrogens (tertiary/aromatic N) is 1. The van der Waals surface area contributed by atoms with Crippen molar-refractivity contribution >= 4 is 27.7 Å². The van der Waals surface area contributed by atoms with E-state index in [2.05, 4.69) is 27.3 Å². The third-order valence-electron chi connectivity index (χ3n) is 6.06. The summed E-state index contributed by atoms with van der Waals surface area (Å²) in [5.74, 6) is 0.266. The van der Waals surface area contributed by atoms with Gasteiger partial charge in [0.2, 0.25) is 5.91 Å². The van der Waals surface area contributed by atoms with Crippen LogP contribution in [-0.2, 0) is 22.6 Å². The van der Waals surface area contributed by atoms with Crippen molar-refractivity contribution in [3.63, 3.8) is 0 Å². The van der Waals surface area contributed by atoms with Crippen LogP contribution < -0.4 is 10.1 Å². The Morgan fingerprint density at radius 2 is 1.64 bits per heavy atom. The molecule has 0 radical (unpaired) electrons. The second-order valence-corrected chi connectivity index (χ2v) is 10.4. The molecule has 0 unspecified atom stereocenters. The van der Waals surface area contributed by atoms with Crippen LogP contribution in [0.4, 0.5) is 0 Å². The molecule has 0 aliphatic carbocycles. The number of halogens is 1. The Kier molecular flexibility index (Phi) is 9.71. The Morgan fingerprint density at radius 1 is 0.944 bits per heavy atom. The molecule has 6 heteroatoms. The van der Waals surface area contributed by atoms with Crippen LogP contribution in [0.3, 0.4) is 0 Å². The molecule has 0 spiro atoms. The van der Waals surface area contributed by atoms with Gasteiger partial charge in [-0.3, -0.25) is 9.59 Å². The van der Waals surface area contributed by atoms with Crippen LogP contribution in [0.5, 0.6) is 5.75 Å². The maximum Gasteiger partial charge on any atom is 0.261 e. The second-order valence-electron chi connectivity index (χ2n) is 9.51. The standard InChI is InChI=1S/C30H35BrN2O3/c1-20(2)32-30(35)27(17-24-10-7-6-8-11-24)33(18-25-12-9-13-26(31)16-25)29(34)19-36-28-15-21(3)14-22(4)23(28)5/h6-16,20,27H,17-19H2,1-5H3,(H,32,35)/t27-/m0/s1. The van der Waals surface area contributed by atoms with Gasteiger partial charge in [0.25, 0.3) is 5.91 Å². The highest BCUT2D eigenvalue weighted by Gasteiger charge is 2.31. The minimum absolute atomic E-state index is 0.0484. The van der Waals surface area contributed by atoms with Crippen LogP contribution in [0.1, 0.15) is 41.7 Å². The molecule has 0 aliphatic heterocycles. The van der Waals surface area contributed by atoms with Crippen molar-refractivity contribution in [2.75, 3.05) is 6.61 Å². The summed E-state index contributed by atoms with van der Waals surface area (Å²) in [7, 11) is 0. The summed E-state index contributed by atoms with van der Waals surface area (Å²) in [6, 6.07) is 20.9. The summed E-state index contributed by atoms with van der Waals surface area (Å²) in [6.45, 7) is 10.00. The molecule has 0 aliphatic rings. The van der Waals surface area contributed by atoms with Gasteiger partial charge in [0, 0.05) is 23.5 Å². The highest BCUT2D eigenvalue weighted by atomic mass is 79.9. The monoisotopic (exact) mass is 550 g/mol. The van der Waals surface area contributed by atoms with Crippen molar-refractivity contribution in [1.82, 2.24) is 10.2 Å². The van der Waals surface area contributed by atoms with E-state index in [-0.39, 0.29) is 31.0 Å². The zero-order valence-electron chi connectivity index (χ0n) is 21.7. The van der Waals surface area contributed by atoms with E-state index in [0.29, 0.717) is 12.2 Å². The molecular formula is C30H35BrN2O3. The Hall–Kier alpha value is -3.12. The van der Waals surface area contributed by atoms with E-state index >= 15 is 0 Å². The average molecular weight is 552 g/mol. The Bertz CT molecular complexity index is 1190. The molecule has 3 rings (SSSR count). The number of aryl methyl sites for hydroxylation is 2. The fourth-order valence-corrected chi connectivity index (χ4v) is 4.59. The minimum Gasteiger partial charge on any atom is -0.483 e. The molecule has 3 aromatic rings. The molecule has 5 nitrogen and oxygen atoms in total. The molecule has 3 aromatic carbocycles. The van der Waals surface area contributed by atoms with Crippen molar-refractivity contribution in [3.8, 4) is 5.75 Å². The molecule has 36 heavy (non-hydrogen) atoms. The number of amides is 2. The topological polar surface area (TPSA) is 58.6 Å². The summed E-state index contributed by atoms with van der Waals surface area (Å²) in [4.78, 5) is 28.8. The lowest BCUT2D eigenvalue weighted by molar-refractivity contribution is -0.143. The SMILES string of the molecule is Cc1cc(C)c(C)c(OCC(=O)N(Cc2cccc(Br)c2)[C@@H](Cc2ccccc2)C(=O)NC(C)C)c1. The lowest BCUT2D eigenvalue weighted by atomic mass is 10.0. The third kappa shape index (κ3) is 7.69. The number of carbonyl (C=O) groups excluding carboxylic acids is 2. The highest BCUT2D eigenvalue weighted by molar-refractivity contribution is 9.10. The van der Waals surface area contributed by atoms with E-state index in [9.17, 15) is 9.59 Å². The summed E-state index contributed by atoms with van der Waals surface area (Å²) in [6.07, 6.45) is 0.404. The molecular weight excluding hydrogens is 516 g/mol. The fourth-order valence-electron chi connectivity index (χ4n) is 4.14. The van der Waals surface area contributed by atoms with E-state index in [0.717, 1.165) is 32.3 Å². The molecule has 190 valence electrons. The van der Waals surface area contributed by atoms with Crippen LogP contribution in [0.15, 0.2) is 71.2 Å². The smallest absolute Gasteiger partial charge is 0.261 e. The normalized spacial score (nSPS) is 11.8. The van der Waals surface area contributed by atoms with Gasteiger partial charge in [-0.05, 0) is 80.6 Å². The van der Waals surface area contributed by atoms with Gasteiger partial charge in [0.15, 0.2) is 6.61 Å². The number of carbonyl (C=O) groups is 2. The van der Waals surface area contributed by atoms with E-state index in [1.807, 2.05) is 95.3 Å². The third-order valence-corrected chi connectivity index (χ3v) is 6.55. The zero-order valence-corrected chi connectivity index (χ0v) is 23.3. The number of hydrogen-bond acceptors (Lipinski definition) is 3. The number of ether oxygens (including phenoxy) is 1. The van der Waals surface area contributed by atoms with Crippen LogP contribution in [0.2, 0.25) is 0 Å². The maximum absolute atomic E-state index is 13.7. The molecule has 0 fully saturated rings. The van der Waals surface area contributed by atoms with Crippen molar-refractivity contribution in [2.45, 2.75) is 59.7 Å². The van der Waals surface area contributed by atoms with Crippen molar-refractivity contribution in [2.24, 2.45) is 0 Å². The van der Waals surface area contributed by atoms with Crippen LogP contribution >= 0.6 is 15.9 Å². The summed E-state index contributed by atoms with van der Waals surface area (Å²) in [5.41, 5.74) is 5.10. The van der Waals surface area contributed by atoms with Crippen LogP contribution in [0.25, 0.3) is 0 Å². The van der Waals surface area contributed by atoms with Gasteiger partial charge in [-0.1, -0.05) is 64.5 Å². The van der Waals surface area contributed by atoms with Crippen LogP contribution in [-0.4, -0.2) is 35.4 Å². The zero-order chi connectivity index (χ0) is 26.2. The molecule has 1 N–H and O–H groups in total. The quantitative estimate of drug-likeness (QED) is 0.341. The van der Waals surface area contributed by atoms with Crippen molar-refractivity contribution < 1.29 is 14.3 Å². The summed E-state index contributed by atoms with van der Waals surface area (Å²) in [5, 5.41) is 3.01. The fraction of sp³-hybridized carbons (Fsp3) is 0.333. The van der Waals surface area contributed by atoms with Gasteiger partial charge < -0.3 is 15.0 Å². The first-order chi connectivity index (χ1) is 17.1. The number of benzene rings is 3. The first kappa shape index (κ1) is 27.5. The first-order valence-electron chi connectivity index (χ1n) is 12.2. The molecule has 0 bridgehead atoms. The Balaban J connectivity index is 1.94.